The summed E-state index contributed by atoms with van der Waals surface area (Å²) in [6.45, 7) is 4.48. The Hall–Kier alpha value is -2.27. The molecule has 122 valence electrons. The van der Waals surface area contributed by atoms with Crippen molar-refractivity contribution in [3.8, 4) is 0 Å². The molecule has 0 spiro atoms. The average Bonchev–Trinajstić information content (AvgIpc) is 2.51. The average molecular weight is 306 g/mol. The van der Waals surface area contributed by atoms with E-state index in [4.69, 9.17) is 15.2 Å². The van der Waals surface area contributed by atoms with E-state index in [0.29, 0.717) is 6.61 Å². The molecule has 0 atom stereocenters. The molecule has 0 fully saturated rings. The number of aliphatic hydroxyl groups is 1. The molecule has 0 amide bonds. The largest absolute Gasteiger partial charge is 0.396 e. The fourth-order valence-corrected chi connectivity index (χ4v) is 1.01. The van der Waals surface area contributed by atoms with Gasteiger partial charge in [-0.25, -0.2) is 0 Å². The van der Waals surface area contributed by atoms with E-state index in [9.17, 15) is 0 Å². The number of nitro groups is 1. The number of aliphatic hydroxyl groups excluding tert-OH is 1. The van der Waals surface area contributed by atoms with Crippen molar-refractivity contribution in [2.45, 2.75) is 26.7 Å². The number of hydrogen-bond acceptors (Lipinski definition) is 4. The van der Waals surface area contributed by atoms with Crippen molar-refractivity contribution in [2.24, 2.45) is 0 Å². The Bertz CT molecular complexity index is 403. The summed E-state index contributed by atoms with van der Waals surface area (Å²) in [7, 11) is 0.889. The first-order chi connectivity index (χ1) is 10.5. The van der Waals surface area contributed by atoms with Crippen molar-refractivity contribution in [3.05, 3.63) is 76.6 Å². The van der Waals surface area contributed by atoms with Gasteiger partial charge in [0, 0.05) is 23.9 Å². The van der Waals surface area contributed by atoms with Crippen LogP contribution in [0, 0.1) is 17.0 Å². The van der Waals surface area contributed by atoms with Gasteiger partial charge < -0.3 is 5.11 Å². The minimum Gasteiger partial charge on any atom is -0.396 e. The number of rotatable bonds is 2. The van der Waals surface area contributed by atoms with E-state index < -0.39 is 4.92 Å². The second-order valence-corrected chi connectivity index (χ2v) is 4.20. The third-order valence-corrected chi connectivity index (χ3v) is 2.02. The molecule has 0 bridgehead atoms. The molecular formula is C17H26N2O3. The van der Waals surface area contributed by atoms with Crippen LogP contribution in [0.3, 0.4) is 0 Å². The maximum Gasteiger partial charge on any atom is 0.194 e. The van der Waals surface area contributed by atoms with Crippen LogP contribution in [0.2, 0.25) is 0 Å². The topological polar surface area (TPSA) is 76.3 Å². The zero-order valence-corrected chi connectivity index (χ0v) is 13.6. The molecule has 2 aromatic rings. The van der Waals surface area contributed by atoms with Crippen LogP contribution in [0.25, 0.3) is 0 Å². The molecule has 1 aromatic heterocycles. The fourth-order valence-electron chi connectivity index (χ4n) is 1.01. The molecule has 1 N–H and O–H groups in total. The smallest absolute Gasteiger partial charge is 0.194 e. The molecule has 1 aromatic carbocycles. The molecule has 0 aliphatic heterocycles. The molecule has 0 saturated carbocycles. The lowest BCUT2D eigenvalue weighted by Crippen LogP contribution is -1.79. The summed E-state index contributed by atoms with van der Waals surface area (Å²) in [4.78, 5) is 12.1. The van der Waals surface area contributed by atoms with Crippen molar-refractivity contribution in [2.75, 3.05) is 13.7 Å². The Morgan fingerprint density at radius 2 is 1.55 bits per heavy atom. The van der Waals surface area contributed by atoms with E-state index in [1.807, 2.05) is 36.4 Å². The molecule has 2 rings (SSSR count). The van der Waals surface area contributed by atoms with E-state index in [1.54, 1.807) is 12.4 Å². The third kappa shape index (κ3) is 26.3. The van der Waals surface area contributed by atoms with Crippen LogP contribution in [0.5, 0.6) is 0 Å². The monoisotopic (exact) mass is 306 g/mol. The Morgan fingerprint density at radius 1 is 1.09 bits per heavy atom. The van der Waals surface area contributed by atoms with E-state index in [0.717, 1.165) is 19.9 Å². The Balaban J connectivity index is 0. The Morgan fingerprint density at radius 3 is 1.68 bits per heavy atom. The number of pyridine rings is 1. The van der Waals surface area contributed by atoms with Crippen LogP contribution >= 0.6 is 0 Å². The summed E-state index contributed by atoms with van der Waals surface area (Å²) in [6.07, 6.45) is 5.54. The first kappa shape index (κ1) is 22.0. The Labute approximate surface area is 132 Å². The van der Waals surface area contributed by atoms with Crippen LogP contribution in [0.1, 0.15) is 25.3 Å². The summed E-state index contributed by atoms with van der Waals surface area (Å²) in [5, 5.41) is 16.9. The molecule has 1 heterocycles. The highest BCUT2D eigenvalue weighted by Crippen LogP contribution is 1.92. The summed E-state index contributed by atoms with van der Waals surface area (Å²) < 4.78 is 0. The number of hydrogen-bond donors (Lipinski definition) is 1. The first-order valence-corrected chi connectivity index (χ1v) is 7.10. The summed E-state index contributed by atoms with van der Waals surface area (Å²) in [6, 6.07) is 16.0. The summed E-state index contributed by atoms with van der Waals surface area (Å²) in [5.41, 5.74) is 1.32. The lowest BCUT2D eigenvalue weighted by molar-refractivity contribution is -0.445. The van der Waals surface area contributed by atoms with Gasteiger partial charge in [-0.05, 0) is 25.5 Å². The Kier molecular flexibility index (Phi) is 18.7. The summed E-state index contributed by atoms with van der Waals surface area (Å²) >= 11 is 0. The minimum atomic E-state index is -0.500. The van der Waals surface area contributed by atoms with Gasteiger partial charge in [-0.1, -0.05) is 55.3 Å². The number of benzene rings is 1. The second-order valence-electron chi connectivity index (χ2n) is 4.20. The first-order valence-electron chi connectivity index (χ1n) is 7.10. The van der Waals surface area contributed by atoms with Gasteiger partial charge in [0.25, 0.3) is 0 Å². The zero-order valence-electron chi connectivity index (χ0n) is 13.6. The molecule has 22 heavy (non-hydrogen) atoms. The van der Waals surface area contributed by atoms with Gasteiger partial charge in [-0.15, -0.1) is 0 Å². The highest BCUT2D eigenvalue weighted by Gasteiger charge is 1.72. The number of nitrogens with zero attached hydrogens (tertiary/aromatic N) is 2. The van der Waals surface area contributed by atoms with Crippen molar-refractivity contribution in [1.82, 2.24) is 4.98 Å². The van der Waals surface area contributed by atoms with Gasteiger partial charge in [-0.2, -0.15) is 0 Å². The molecular weight excluding hydrogens is 280 g/mol. The minimum absolute atomic E-state index is 0.344. The second kappa shape index (κ2) is 18.7. The highest BCUT2D eigenvalue weighted by molar-refractivity contribution is 5.11. The lowest BCUT2D eigenvalue weighted by Gasteiger charge is -1.82. The third-order valence-electron chi connectivity index (χ3n) is 2.02. The van der Waals surface area contributed by atoms with Gasteiger partial charge in [-0.3, -0.25) is 15.1 Å². The van der Waals surface area contributed by atoms with E-state index in [-0.39, 0.29) is 0 Å². The normalized spacial score (nSPS) is 8.00. The van der Waals surface area contributed by atoms with Crippen LogP contribution in [0.15, 0.2) is 60.9 Å². The van der Waals surface area contributed by atoms with Gasteiger partial charge in [0.2, 0.25) is 0 Å². The molecule has 5 nitrogen and oxygen atoms in total. The number of unbranched alkanes of at least 4 members (excludes halogenated alkanes) is 1. The SMILES string of the molecule is CCCCO.C[N+](=O)[O-].Cc1ccccc1.c1ccncc1. The van der Waals surface area contributed by atoms with Gasteiger partial charge >= 0.3 is 0 Å². The maximum absolute atomic E-state index is 8.81. The van der Waals surface area contributed by atoms with Crippen LogP contribution in [-0.2, 0) is 0 Å². The van der Waals surface area contributed by atoms with E-state index in [2.05, 4.69) is 31.0 Å². The molecule has 0 aliphatic rings. The molecule has 0 unspecified atom stereocenters. The predicted octanol–water partition coefficient (Wildman–Crippen LogP) is 3.75. The van der Waals surface area contributed by atoms with Gasteiger partial charge in [0.15, 0.2) is 7.05 Å². The van der Waals surface area contributed by atoms with Crippen LogP contribution < -0.4 is 0 Å². The van der Waals surface area contributed by atoms with Gasteiger partial charge in [0.05, 0.1) is 0 Å². The number of aryl methyl sites for hydroxylation is 1. The lowest BCUT2D eigenvalue weighted by atomic mass is 10.2. The standard InChI is InChI=1S/C7H8.C5H5N.C4H10O.CH3NO2/c1-7-5-3-2-4-6-7;1-2-4-6-5-3-1;1-2-3-4-5;1-2(3)4/h2-6H,1H3;1-5H;5H,2-4H2,1H3;1H3. The molecule has 0 radical (unpaired) electrons. The fraction of sp³-hybridized carbons (Fsp3) is 0.353. The predicted molar refractivity (Wildman–Crippen MR) is 90.3 cm³/mol. The number of aromatic nitrogens is 1. The van der Waals surface area contributed by atoms with Crippen molar-refractivity contribution >= 4 is 0 Å². The maximum atomic E-state index is 8.81. The zero-order chi connectivity index (χ0) is 17.1. The highest BCUT2D eigenvalue weighted by atomic mass is 16.6. The molecule has 0 saturated heterocycles. The molecule has 5 heteroatoms. The quantitative estimate of drug-likeness (QED) is 0.677. The van der Waals surface area contributed by atoms with Crippen molar-refractivity contribution in [3.63, 3.8) is 0 Å². The van der Waals surface area contributed by atoms with Crippen LogP contribution in [-0.4, -0.2) is 28.7 Å². The van der Waals surface area contributed by atoms with E-state index in [1.165, 1.54) is 5.56 Å². The molecule has 0 aliphatic carbocycles. The van der Waals surface area contributed by atoms with Crippen molar-refractivity contribution in [1.29, 1.82) is 0 Å². The summed E-state index contributed by atoms with van der Waals surface area (Å²) in [5.74, 6) is 0. The van der Waals surface area contributed by atoms with Crippen molar-refractivity contribution < 1.29 is 10.0 Å². The van der Waals surface area contributed by atoms with Crippen LogP contribution in [0.4, 0.5) is 0 Å². The van der Waals surface area contributed by atoms with E-state index >= 15 is 0 Å². The van der Waals surface area contributed by atoms with Gasteiger partial charge in [0.1, 0.15) is 0 Å².